The smallest absolute Gasteiger partial charge is 0.150 e. The zero-order chi connectivity index (χ0) is 13.9. The highest BCUT2D eigenvalue weighted by molar-refractivity contribution is 7.91. The van der Waals surface area contributed by atoms with Crippen LogP contribution < -0.4 is 5.32 Å². The number of hydrogen-bond acceptors (Lipinski definition) is 3. The van der Waals surface area contributed by atoms with E-state index in [4.69, 9.17) is 0 Å². The normalized spacial score (nSPS) is 36.2. The molecule has 1 heterocycles. The molecule has 1 N–H and O–H groups in total. The van der Waals surface area contributed by atoms with Gasteiger partial charge in [0.2, 0.25) is 0 Å². The van der Waals surface area contributed by atoms with Crippen molar-refractivity contribution in [2.75, 3.05) is 18.1 Å². The van der Waals surface area contributed by atoms with Gasteiger partial charge < -0.3 is 5.32 Å². The van der Waals surface area contributed by atoms with Crippen molar-refractivity contribution in [3.8, 4) is 0 Å². The highest BCUT2D eigenvalue weighted by Crippen LogP contribution is 2.34. The van der Waals surface area contributed by atoms with Crippen molar-refractivity contribution < 1.29 is 8.42 Å². The minimum Gasteiger partial charge on any atom is -0.314 e. The van der Waals surface area contributed by atoms with Crippen LogP contribution in [0.1, 0.15) is 52.4 Å². The third-order valence-corrected chi connectivity index (χ3v) is 6.76. The Hall–Kier alpha value is -0.0900. The maximum Gasteiger partial charge on any atom is 0.150 e. The van der Waals surface area contributed by atoms with Gasteiger partial charge in [-0.15, -0.1) is 0 Å². The van der Waals surface area contributed by atoms with Gasteiger partial charge in [0.25, 0.3) is 0 Å². The second kappa shape index (κ2) is 6.57. The second-order valence-electron chi connectivity index (χ2n) is 6.70. The van der Waals surface area contributed by atoms with Gasteiger partial charge in [0.15, 0.2) is 9.84 Å². The molecule has 0 aromatic carbocycles. The lowest BCUT2D eigenvalue weighted by Gasteiger charge is -2.35. The Labute approximate surface area is 118 Å². The van der Waals surface area contributed by atoms with Gasteiger partial charge in [-0.25, -0.2) is 8.42 Å². The Balaban J connectivity index is 1.92. The van der Waals surface area contributed by atoms with Gasteiger partial charge in [0.1, 0.15) is 0 Å². The molecule has 0 spiro atoms. The predicted molar refractivity (Wildman–Crippen MR) is 80.0 cm³/mol. The Kier molecular flexibility index (Phi) is 5.29. The molecule has 19 heavy (non-hydrogen) atoms. The van der Waals surface area contributed by atoms with E-state index in [9.17, 15) is 8.42 Å². The van der Waals surface area contributed by atoms with Crippen LogP contribution in [0, 0.1) is 17.8 Å². The van der Waals surface area contributed by atoms with Gasteiger partial charge in [-0.2, -0.15) is 0 Å². The lowest BCUT2D eigenvalue weighted by molar-refractivity contribution is 0.203. The van der Waals surface area contributed by atoms with Gasteiger partial charge in [-0.05, 0) is 50.0 Å². The number of hydrogen-bond donors (Lipinski definition) is 1. The summed E-state index contributed by atoms with van der Waals surface area (Å²) in [6.07, 6.45) is 7.29. The average molecular weight is 287 g/mol. The summed E-state index contributed by atoms with van der Waals surface area (Å²) >= 11 is 0. The van der Waals surface area contributed by atoms with Crippen LogP contribution in [0.5, 0.6) is 0 Å². The summed E-state index contributed by atoms with van der Waals surface area (Å²) < 4.78 is 23.2. The summed E-state index contributed by atoms with van der Waals surface area (Å²) in [5, 5.41) is 3.63. The van der Waals surface area contributed by atoms with Crippen molar-refractivity contribution in [3.05, 3.63) is 0 Å². The first-order valence-corrected chi connectivity index (χ1v) is 9.76. The fourth-order valence-corrected chi connectivity index (χ4v) is 5.85. The average Bonchev–Trinajstić information content (AvgIpc) is 2.68. The summed E-state index contributed by atoms with van der Waals surface area (Å²) in [7, 11) is -2.73. The zero-order valence-electron chi connectivity index (χ0n) is 12.4. The van der Waals surface area contributed by atoms with Crippen molar-refractivity contribution in [2.45, 2.75) is 58.4 Å². The number of sulfone groups is 1. The Morgan fingerprint density at radius 2 is 2.05 bits per heavy atom. The molecule has 4 heteroatoms. The lowest BCUT2D eigenvalue weighted by atomic mass is 9.76. The zero-order valence-corrected chi connectivity index (χ0v) is 13.2. The van der Waals surface area contributed by atoms with Crippen molar-refractivity contribution >= 4 is 9.84 Å². The first-order valence-electron chi connectivity index (χ1n) is 7.94. The summed E-state index contributed by atoms with van der Waals surface area (Å²) in [6.45, 7) is 5.51. The number of rotatable bonds is 5. The standard InChI is InChI=1S/C15H29NO2S/c1-3-16-15(14-6-4-5-12(2)9-14)10-13-7-8-19(17,18)11-13/h12-16H,3-11H2,1-2H3. The molecule has 0 bridgehead atoms. The molecule has 1 saturated carbocycles. The SMILES string of the molecule is CCNC(CC1CCS(=O)(=O)C1)C1CCCC(C)C1. The van der Waals surface area contributed by atoms with Crippen LogP contribution in [0.15, 0.2) is 0 Å². The molecular weight excluding hydrogens is 258 g/mol. The number of nitrogens with one attached hydrogen (secondary N) is 1. The Morgan fingerprint density at radius 3 is 2.63 bits per heavy atom. The van der Waals surface area contributed by atoms with E-state index < -0.39 is 9.84 Å². The molecule has 2 fully saturated rings. The molecule has 2 rings (SSSR count). The molecule has 1 aliphatic heterocycles. The fraction of sp³-hybridized carbons (Fsp3) is 1.00. The molecule has 0 aromatic heterocycles. The molecule has 4 unspecified atom stereocenters. The molecule has 1 saturated heterocycles. The molecule has 2 aliphatic rings. The molecule has 4 atom stereocenters. The van der Waals surface area contributed by atoms with E-state index in [0.29, 0.717) is 23.5 Å². The van der Waals surface area contributed by atoms with Crippen LogP contribution in [-0.2, 0) is 9.84 Å². The maximum atomic E-state index is 11.6. The quantitative estimate of drug-likeness (QED) is 0.845. The van der Waals surface area contributed by atoms with Crippen molar-refractivity contribution in [1.82, 2.24) is 5.32 Å². The summed E-state index contributed by atoms with van der Waals surface area (Å²) in [5.41, 5.74) is 0. The van der Waals surface area contributed by atoms with Gasteiger partial charge in [-0.3, -0.25) is 0 Å². The first-order chi connectivity index (χ1) is 9.00. The molecule has 0 aromatic rings. The van der Waals surface area contributed by atoms with E-state index in [1.54, 1.807) is 0 Å². The minimum absolute atomic E-state index is 0.395. The molecule has 3 nitrogen and oxygen atoms in total. The van der Waals surface area contributed by atoms with Crippen LogP contribution in [0.25, 0.3) is 0 Å². The van der Waals surface area contributed by atoms with Crippen LogP contribution in [0.3, 0.4) is 0 Å². The van der Waals surface area contributed by atoms with Crippen LogP contribution in [0.4, 0.5) is 0 Å². The Morgan fingerprint density at radius 1 is 1.26 bits per heavy atom. The molecule has 1 aliphatic carbocycles. The van der Waals surface area contributed by atoms with Crippen LogP contribution >= 0.6 is 0 Å². The van der Waals surface area contributed by atoms with Crippen molar-refractivity contribution in [1.29, 1.82) is 0 Å². The van der Waals surface area contributed by atoms with Gasteiger partial charge in [-0.1, -0.05) is 26.7 Å². The fourth-order valence-electron chi connectivity index (χ4n) is 3.97. The van der Waals surface area contributed by atoms with E-state index in [1.807, 2.05) is 0 Å². The van der Waals surface area contributed by atoms with Crippen molar-refractivity contribution in [3.63, 3.8) is 0 Å². The Bertz CT molecular complexity index is 380. The minimum atomic E-state index is -2.73. The van der Waals surface area contributed by atoms with E-state index in [-0.39, 0.29) is 0 Å². The van der Waals surface area contributed by atoms with E-state index in [0.717, 1.165) is 31.2 Å². The topological polar surface area (TPSA) is 46.2 Å². The monoisotopic (exact) mass is 287 g/mol. The predicted octanol–water partition coefficient (Wildman–Crippen LogP) is 2.62. The van der Waals surface area contributed by atoms with Gasteiger partial charge in [0.05, 0.1) is 11.5 Å². The summed E-state index contributed by atoms with van der Waals surface area (Å²) in [6, 6.07) is 0.533. The maximum absolute atomic E-state index is 11.6. The molecule has 112 valence electrons. The first kappa shape index (κ1) is 15.3. The summed E-state index contributed by atoms with van der Waals surface area (Å²) in [4.78, 5) is 0. The van der Waals surface area contributed by atoms with E-state index >= 15 is 0 Å². The molecule has 0 radical (unpaired) electrons. The van der Waals surface area contributed by atoms with E-state index in [2.05, 4.69) is 19.2 Å². The lowest BCUT2D eigenvalue weighted by Crippen LogP contribution is -2.40. The molecule has 0 amide bonds. The second-order valence-corrected chi connectivity index (χ2v) is 8.93. The highest BCUT2D eigenvalue weighted by Gasteiger charge is 2.33. The van der Waals surface area contributed by atoms with Crippen molar-refractivity contribution in [2.24, 2.45) is 17.8 Å². The van der Waals surface area contributed by atoms with Crippen LogP contribution in [-0.4, -0.2) is 32.5 Å². The van der Waals surface area contributed by atoms with Crippen LogP contribution in [0.2, 0.25) is 0 Å². The summed E-state index contributed by atoms with van der Waals surface area (Å²) in [5.74, 6) is 2.83. The van der Waals surface area contributed by atoms with Gasteiger partial charge >= 0.3 is 0 Å². The molecular formula is C15H29NO2S. The highest BCUT2D eigenvalue weighted by atomic mass is 32.2. The van der Waals surface area contributed by atoms with Gasteiger partial charge in [0, 0.05) is 6.04 Å². The largest absolute Gasteiger partial charge is 0.314 e. The third kappa shape index (κ3) is 4.45. The third-order valence-electron chi connectivity index (χ3n) is 4.93. The van der Waals surface area contributed by atoms with E-state index in [1.165, 1.54) is 25.7 Å².